The van der Waals surface area contributed by atoms with Gasteiger partial charge in [-0.3, -0.25) is 4.79 Å². The molecule has 2 aliphatic carbocycles. The molecule has 31 heavy (non-hydrogen) atoms. The number of nitrogens with zero attached hydrogens (tertiary/aromatic N) is 3. The quantitative estimate of drug-likeness (QED) is 0.413. The SMILES string of the molecule is O=C(c1ccccc1Cl)N(Cc1nc2ccc(Cl)cc2n1C1CCCC1)C1CCCC1. The largest absolute Gasteiger partial charge is 0.328 e. The summed E-state index contributed by atoms with van der Waals surface area (Å²) in [5.41, 5.74) is 2.59. The highest BCUT2D eigenvalue weighted by Gasteiger charge is 2.31. The second-order valence-electron chi connectivity index (χ2n) is 8.82. The number of hydrogen-bond donors (Lipinski definition) is 0. The van der Waals surface area contributed by atoms with E-state index in [1.54, 1.807) is 6.07 Å². The Labute approximate surface area is 193 Å². The van der Waals surface area contributed by atoms with Crippen LogP contribution in [-0.4, -0.2) is 26.4 Å². The van der Waals surface area contributed by atoms with E-state index in [0.29, 0.717) is 23.2 Å². The van der Waals surface area contributed by atoms with Crippen LogP contribution in [0, 0.1) is 0 Å². The van der Waals surface area contributed by atoms with Crippen LogP contribution in [0.2, 0.25) is 10.0 Å². The first-order chi connectivity index (χ1) is 15.1. The number of aromatic nitrogens is 2. The highest BCUT2D eigenvalue weighted by Crippen LogP contribution is 2.36. The van der Waals surface area contributed by atoms with E-state index >= 15 is 0 Å². The minimum Gasteiger partial charge on any atom is -0.328 e. The summed E-state index contributed by atoms with van der Waals surface area (Å²) in [4.78, 5) is 20.6. The van der Waals surface area contributed by atoms with E-state index in [2.05, 4.69) is 4.57 Å². The van der Waals surface area contributed by atoms with Crippen LogP contribution in [0.5, 0.6) is 0 Å². The summed E-state index contributed by atoms with van der Waals surface area (Å²) < 4.78 is 2.36. The molecule has 1 aromatic heterocycles. The summed E-state index contributed by atoms with van der Waals surface area (Å²) in [5.74, 6) is 0.956. The van der Waals surface area contributed by atoms with Crippen molar-refractivity contribution in [2.45, 2.75) is 70.0 Å². The summed E-state index contributed by atoms with van der Waals surface area (Å²) in [6, 6.07) is 13.9. The van der Waals surface area contributed by atoms with Gasteiger partial charge in [0.2, 0.25) is 0 Å². The normalized spacial score (nSPS) is 17.6. The number of hydrogen-bond acceptors (Lipinski definition) is 2. The molecule has 2 aliphatic rings. The highest BCUT2D eigenvalue weighted by atomic mass is 35.5. The molecule has 0 atom stereocenters. The molecule has 2 saturated carbocycles. The van der Waals surface area contributed by atoms with Gasteiger partial charge in [0, 0.05) is 17.1 Å². The van der Waals surface area contributed by atoms with Crippen molar-refractivity contribution in [3.63, 3.8) is 0 Å². The summed E-state index contributed by atoms with van der Waals surface area (Å²) in [7, 11) is 0. The minimum atomic E-state index is 0.000519. The number of carbonyl (C=O) groups excluding carboxylic acids is 1. The molecule has 1 heterocycles. The van der Waals surface area contributed by atoms with Crippen LogP contribution < -0.4 is 0 Å². The molecule has 4 nitrogen and oxygen atoms in total. The summed E-state index contributed by atoms with van der Waals surface area (Å²) in [5, 5.41) is 1.23. The van der Waals surface area contributed by atoms with Gasteiger partial charge in [-0.1, -0.05) is 61.0 Å². The molecule has 1 amide bonds. The maximum Gasteiger partial charge on any atom is 0.256 e. The van der Waals surface area contributed by atoms with Gasteiger partial charge in [-0.15, -0.1) is 0 Å². The molecular weight excluding hydrogens is 429 g/mol. The predicted octanol–water partition coefficient (Wildman–Crippen LogP) is 7.04. The zero-order chi connectivity index (χ0) is 21.4. The Morgan fingerprint density at radius 3 is 2.45 bits per heavy atom. The molecule has 6 heteroatoms. The smallest absolute Gasteiger partial charge is 0.256 e. The lowest BCUT2D eigenvalue weighted by molar-refractivity contribution is 0.0655. The van der Waals surface area contributed by atoms with Crippen LogP contribution in [0.3, 0.4) is 0 Å². The zero-order valence-corrected chi connectivity index (χ0v) is 19.1. The maximum absolute atomic E-state index is 13.6. The molecule has 0 N–H and O–H groups in total. The Bertz CT molecular complexity index is 1100. The molecule has 3 aromatic rings. The van der Waals surface area contributed by atoms with Crippen molar-refractivity contribution in [2.24, 2.45) is 0 Å². The standard InChI is InChI=1S/C25H27Cl2N3O/c26-17-13-14-22-23(15-17)30(19-9-3-4-10-19)24(28-22)16-29(18-7-1-2-8-18)25(31)20-11-5-6-12-21(20)27/h5-6,11-15,18-19H,1-4,7-10,16H2. The molecule has 0 radical (unpaired) electrons. The number of amides is 1. The van der Waals surface area contributed by atoms with E-state index < -0.39 is 0 Å². The van der Waals surface area contributed by atoms with Crippen LogP contribution in [0.25, 0.3) is 11.0 Å². The number of carbonyl (C=O) groups is 1. The summed E-state index contributed by atoms with van der Waals surface area (Å²) in [6.07, 6.45) is 9.14. The lowest BCUT2D eigenvalue weighted by atomic mass is 10.1. The van der Waals surface area contributed by atoms with Gasteiger partial charge in [-0.2, -0.15) is 0 Å². The van der Waals surface area contributed by atoms with Crippen molar-refractivity contribution in [1.29, 1.82) is 0 Å². The average molecular weight is 456 g/mol. The fourth-order valence-electron chi connectivity index (χ4n) is 5.32. The van der Waals surface area contributed by atoms with Crippen LogP contribution in [0.15, 0.2) is 42.5 Å². The minimum absolute atomic E-state index is 0.000519. The van der Waals surface area contributed by atoms with Crippen LogP contribution >= 0.6 is 23.2 Å². The van der Waals surface area contributed by atoms with Crippen molar-refractivity contribution in [1.82, 2.24) is 14.5 Å². The van der Waals surface area contributed by atoms with Gasteiger partial charge in [-0.25, -0.2) is 4.98 Å². The molecule has 0 unspecified atom stereocenters. The third kappa shape index (κ3) is 4.08. The molecule has 0 spiro atoms. The Kier molecular flexibility index (Phi) is 5.94. The first-order valence-electron chi connectivity index (χ1n) is 11.3. The van der Waals surface area contributed by atoms with E-state index in [-0.39, 0.29) is 11.9 Å². The van der Waals surface area contributed by atoms with Gasteiger partial charge < -0.3 is 9.47 Å². The topological polar surface area (TPSA) is 38.1 Å². The van der Waals surface area contributed by atoms with Crippen molar-refractivity contribution in [3.8, 4) is 0 Å². The van der Waals surface area contributed by atoms with Crippen LogP contribution in [0.4, 0.5) is 0 Å². The van der Waals surface area contributed by atoms with E-state index in [9.17, 15) is 4.79 Å². The number of rotatable bonds is 5. The van der Waals surface area contributed by atoms with Crippen molar-refractivity contribution < 1.29 is 4.79 Å². The average Bonchev–Trinajstić information content (AvgIpc) is 3.52. The van der Waals surface area contributed by atoms with E-state index in [1.165, 1.54) is 12.8 Å². The molecule has 2 aromatic carbocycles. The molecule has 5 rings (SSSR count). The summed E-state index contributed by atoms with van der Waals surface area (Å²) >= 11 is 12.7. The lowest BCUT2D eigenvalue weighted by Crippen LogP contribution is -2.39. The predicted molar refractivity (Wildman–Crippen MR) is 126 cm³/mol. The highest BCUT2D eigenvalue weighted by molar-refractivity contribution is 6.33. The van der Waals surface area contributed by atoms with Crippen molar-refractivity contribution in [3.05, 3.63) is 63.9 Å². The number of fused-ring (bicyclic) bond motifs is 1. The van der Waals surface area contributed by atoms with Gasteiger partial charge in [-0.05, 0) is 56.0 Å². The monoisotopic (exact) mass is 455 g/mol. The van der Waals surface area contributed by atoms with E-state index in [1.807, 2.05) is 41.3 Å². The second-order valence-corrected chi connectivity index (χ2v) is 9.66. The van der Waals surface area contributed by atoms with Gasteiger partial charge >= 0.3 is 0 Å². The first kappa shape index (κ1) is 20.8. The van der Waals surface area contributed by atoms with Crippen molar-refractivity contribution >= 4 is 40.1 Å². The Morgan fingerprint density at radius 2 is 1.71 bits per heavy atom. The van der Waals surface area contributed by atoms with Crippen molar-refractivity contribution in [2.75, 3.05) is 0 Å². The second kappa shape index (κ2) is 8.84. The molecular formula is C25H27Cl2N3O. The van der Waals surface area contributed by atoms with Gasteiger partial charge in [0.15, 0.2) is 0 Å². The van der Waals surface area contributed by atoms with E-state index in [4.69, 9.17) is 28.2 Å². The van der Waals surface area contributed by atoms with Gasteiger partial charge in [0.1, 0.15) is 5.82 Å². The van der Waals surface area contributed by atoms with Crippen LogP contribution in [0.1, 0.15) is 73.6 Å². The number of imidazole rings is 1. The number of halogens is 2. The molecule has 0 aliphatic heterocycles. The third-order valence-electron chi connectivity index (χ3n) is 6.86. The third-order valence-corrected chi connectivity index (χ3v) is 7.42. The van der Waals surface area contributed by atoms with E-state index in [0.717, 1.165) is 60.4 Å². The Morgan fingerprint density at radius 1 is 1.00 bits per heavy atom. The zero-order valence-electron chi connectivity index (χ0n) is 17.6. The fourth-order valence-corrected chi connectivity index (χ4v) is 5.70. The maximum atomic E-state index is 13.6. The molecule has 0 saturated heterocycles. The Balaban J connectivity index is 1.57. The fraction of sp³-hybridized carbons (Fsp3) is 0.440. The van der Waals surface area contributed by atoms with Gasteiger partial charge in [0.25, 0.3) is 5.91 Å². The first-order valence-corrected chi connectivity index (χ1v) is 12.1. The molecule has 2 fully saturated rings. The van der Waals surface area contributed by atoms with Gasteiger partial charge in [0.05, 0.1) is 28.2 Å². The lowest BCUT2D eigenvalue weighted by Gasteiger charge is -2.30. The molecule has 162 valence electrons. The van der Waals surface area contributed by atoms with Crippen LogP contribution in [-0.2, 0) is 6.54 Å². The molecule has 0 bridgehead atoms. The Hall–Kier alpha value is -2.04. The summed E-state index contributed by atoms with van der Waals surface area (Å²) in [6.45, 7) is 0.498. The number of benzene rings is 2.